The summed E-state index contributed by atoms with van der Waals surface area (Å²) in [7, 11) is 0. The predicted molar refractivity (Wildman–Crippen MR) is 154 cm³/mol. The summed E-state index contributed by atoms with van der Waals surface area (Å²) < 4.78 is 13.8. The van der Waals surface area contributed by atoms with Crippen LogP contribution in [-0.4, -0.2) is 22.9 Å². The van der Waals surface area contributed by atoms with Crippen LogP contribution in [0, 0.1) is 5.21 Å². The quantitative estimate of drug-likeness (QED) is 0.162. The van der Waals surface area contributed by atoms with Crippen molar-refractivity contribution in [1.82, 2.24) is 5.32 Å². The molecule has 3 atom stereocenters. The average molecular weight is 557 g/mol. The van der Waals surface area contributed by atoms with Gasteiger partial charge in [-0.3, -0.25) is 4.79 Å². The van der Waals surface area contributed by atoms with Crippen molar-refractivity contribution in [1.29, 1.82) is 0 Å². The molecule has 2 N–H and O–H groups in total. The smallest absolute Gasteiger partial charge is 0.251 e. The van der Waals surface area contributed by atoms with Crippen molar-refractivity contribution in [2.24, 2.45) is 0 Å². The number of carbonyl (C=O) groups is 1. The van der Waals surface area contributed by atoms with E-state index in [2.05, 4.69) is 17.4 Å². The number of carbonyl (C=O) groups excluding carboxylic acids is 1. The minimum absolute atomic E-state index is 0.0120. The monoisotopic (exact) mass is 556 g/mol. The minimum Gasteiger partial charge on any atom is -0.618 e. The van der Waals surface area contributed by atoms with Gasteiger partial charge in [0.25, 0.3) is 5.03 Å². The molecule has 1 saturated heterocycles. The van der Waals surface area contributed by atoms with Crippen LogP contribution in [0.25, 0.3) is 11.1 Å². The zero-order valence-electron chi connectivity index (χ0n) is 22.2. The lowest BCUT2D eigenvalue weighted by Crippen LogP contribution is -2.32. The van der Waals surface area contributed by atoms with Gasteiger partial charge in [-0.2, -0.15) is 4.73 Å². The molecule has 0 bridgehead atoms. The first kappa shape index (κ1) is 27.9. The van der Waals surface area contributed by atoms with E-state index in [1.165, 1.54) is 24.9 Å². The normalized spacial score (nSPS) is 18.8. The van der Waals surface area contributed by atoms with Gasteiger partial charge in [-0.15, -0.1) is 0 Å². The number of amides is 1. The van der Waals surface area contributed by atoms with E-state index in [0.29, 0.717) is 23.7 Å². The second-order valence-electron chi connectivity index (χ2n) is 9.76. The van der Waals surface area contributed by atoms with E-state index in [1.807, 2.05) is 72.8 Å². The van der Waals surface area contributed by atoms with E-state index in [4.69, 9.17) is 9.47 Å². The van der Waals surface area contributed by atoms with Crippen LogP contribution in [0.4, 0.5) is 0 Å². The lowest BCUT2D eigenvalue weighted by molar-refractivity contribution is -0.645. The van der Waals surface area contributed by atoms with Crippen molar-refractivity contribution in [2.75, 3.05) is 5.75 Å². The molecule has 8 heteroatoms. The lowest BCUT2D eigenvalue weighted by atomic mass is 9.99. The Hall–Kier alpha value is -3.69. The maximum Gasteiger partial charge on any atom is 0.251 e. The summed E-state index contributed by atoms with van der Waals surface area (Å²) in [5, 5.41) is 25.1. The number of nitrogens with one attached hydrogen (secondary N) is 1. The van der Waals surface area contributed by atoms with Crippen molar-refractivity contribution in [3.8, 4) is 11.1 Å². The van der Waals surface area contributed by atoms with Gasteiger partial charge in [-0.1, -0.05) is 72.4 Å². The van der Waals surface area contributed by atoms with Crippen LogP contribution in [0.15, 0.2) is 102 Å². The van der Waals surface area contributed by atoms with Gasteiger partial charge in [0.15, 0.2) is 12.5 Å². The highest BCUT2D eigenvalue weighted by molar-refractivity contribution is 7.99. The molecule has 0 unspecified atom stereocenters. The molecule has 3 aromatic carbocycles. The largest absolute Gasteiger partial charge is 0.618 e. The molecular formula is C32H32N2O5S. The molecule has 4 aromatic rings. The fourth-order valence-corrected chi connectivity index (χ4v) is 5.61. The summed E-state index contributed by atoms with van der Waals surface area (Å²) in [6.07, 6.45) is 1.17. The molecule has 0 aliphatic carbocycles. The van der Waals surface area contributed by atoms with Crippen molar-refractivity contribution < 1.29 is 24.1 Å². The summed E-state index contributed by atoms with van der Waals surface area (Å²) in [6, 6.07) is 29.4. The first-order chi connectivity index (χ1) is 19.5. The standard InChI is InChI=1S/C32H32N2O5S/c1-22(36)33-19-24-6-4-7-26(16-24)27-8-5-9-28(17-27)32-38-29(21-40-31-10-2-3-15-34(31)37)18-30(39-32)25-13-11-23(20-35)12-14-25/h2-17,29-30,32,35H,18-21H2,1H3,(H,33,36)/t29-,30+,32+/m1/s1. The van der Waals surface area contributed by atoms with Crippen molar-refractivity contribution >= 4 is 17.7 Å². The van der Waals surface area contributed by atoms with E-state index >= 15 is 0 Å². The number of hydrogen-bond donors (Lipinski definition) is 2. The predicted octanol–water partition coefficient (Wildman–Crippen LogP) is 5.45. The fourth-order valence-electron chi connectivity index (χ4n) is 4.68. The lowest BCUT2D eigenvalue weighted by Gasteiger charge is -2.36. The Balaban J connectivity index is 1.39. The Kier molecular flexibility index (Phi) is 9.13. The van der Waals surface area contributed by atoms with Crippen molar-refractivity contribution in [2.45, 2.75) is 50.0 Å². The highest BCUT2D eigenvalue weighted by Crippen LogP contribution is 2.40. The molecular weight excluding hydrogens is 524 g/mol. The Morgan fingerprint density at radius 3 is 2.48 bits per heavy atom. The third kappa shape index (κ3) is 7.08. The van der Waals surface area contributed by atoms with Crippen molar-refractivity contribution in [3.63, 3.8) is 0 Å². The first-order valence-electron chi connectivity index (χ1n) is 13.2. The van der Waals surface area contributed by atoms with Crippen molar-refractivity contribution in [3.05, 3.63) is 125 Å². The number of aliphatic hydroxyl groups excluding tert-OH is 1. The summed E-state index contributed by atoms with van der Waals surface area (Å²) in [5.41, 5.74) is 5.83. The second kappa shape index (κ2) is 13.1. The zero-order chi connectivity index (χ0) is 27.9. The Bertz CT molecular complexity index is 1450. The van der Waals surface area contributed by atoms with Gasteiger partial charge in [-0.05, 0) is 46.0 Å². The molecule has 0 saturated carbocycles. The van der Waals surface area contributed by atoms with E-state index in [-0.39, 0.29) is 24.7 Å². The van der Waals surface area contributed by atoms with Gasteiger partial charge in [0.2, 0.25) is 5.91 Å². The number of pyridine rings is 1. The Morgan fingerprint density at radius 1 is 0.950 bits per heavy atom. The summed E-state index contributed by atoms with van der Waals surface area (Å²) in [5.74, 6) is 0.534. The maximum absolute atomic E-state index is 12.2. The molecule has 40 heavy (non-hydrogen) atoms. The Morgan fingerprint density at radius 2 is 1.73 bits per heavy atom. The molecule has 1 aliphatic rings. The molecule has 1 amide bonds. The number of nitrogens with zero attached hydrogens (tertiary/aromatic N) is 1. The van der Waals surface area contributed by atoms with Crippen LogP contribution in [0.5, 0.6) is 0 Å². The van der Waals surface area contributed by atoms with Crippen LogP contribution in [0.2, 0.25) is 0 Å². The molecule has 1 fully saturated rings. The third-order valence-corrected chi connectivity index (χ3v) is 7.93. The number of rotatable bonds is 9. The van der Waals surface area contributed by atoms with E-state index < -0.39 is 6.29 Å². The zero-order valence-corrected chi connectivity index (χ0v) is 23.1. The van der Waals surface area contributed by atoms with Gasteiger partial charge < -0.3 is 25.1 Å². The Labute approximate surface area is 238 Å². The van der Waals surface area contributed by atoms with Gasteiger partial charge >= 0.3 is 0 Å². The van der Waals surface area contributed by atoms with Crippen LogP contribution < -0.4 is 10.0 Å². The third-order valence-electron chi connectivity index (χ3n) is 6.78. The number of benzene rings is 3. The van der Waals surface area contributed by atoms with Gasteiger partial charge in [0, 0.05) is 43.3 Å². The van der Waals surface area contributed by atoms with Crippen LogP contribution >= 0.6 is 11.8 Å². The number of thioether (sulfide) groups is 1. The van der Waals surface area contributed by atoms with Crippen LogP contribution in [0.3, 0.4) is 0 Å². The highest BCUT2D eigenvalue weighted by atomic mass is 32.2. The summed E-state index contributed by atoms with van der Waals surface area (Å²) in [6.45, 7) is 1.97. The molecule has 5 rings (SSSR count). The molecule has 206 valence electrons. The number of ether oxygens (including phenoxy) is 2. The number of aromatic nitrogens is 1. The summed E-state index contributed by atoms with van der Waals surface area (Å²) >= 11 is 1.47. The maximum atomic E-state index is 12.2. The number of aliphatic hydroxyl groups is 1. The van der Waals surface area contributed by atoms with Crippen LogP contribution in [-0.2, 0) is 27.4 Å². The first-order valence-corrected chi connectivity index (χ1v) is 14.2. The van der Waals surface area contributed by atoms with Gasteiger partial charge in [-0.25, -0.2) is 0 Å². The topological polar surface area (TPSA) is 94.7 Å². The van der Waals surface area contributed by atoms with Gasteiger partial charge in [0.05, 0.1) is 18.8 Å². The molecule has 0 spiro atoms. The van der Waals surface area contributed by atoms with Gasteiger partial charge in [0.1, 0.15) is 0 Å². The molecule has 0 radical (unpaired) electrons. The molecule has 1 aliphatic heterocycles. The summed E-state index contributed by atoms with van der Waals surface area (Å²) in [4.78, 5) is 11.4. The average Bonchev–Trinajstić information content (AvgIpc) is 3.00. The van der Waals surface area contributed by atoms with E-state index in [1.54, 1.807) is 6.07 Å². The SMILES string of the molecule is CC(=O)NCc1cccc(-c2cccc([C@H]3O[C@@H](CSc4cccc[n+]4[O-])C[C@@H](c4ccc(CO)cc4)O3)c2)c1. The van der Waals surface area contributed by atoms with E-state index in [9.17, 15) is 15.1 Å². The highest BCUT2D eigenvalue weighted by Gasteiger charge is 2.33. The molecule has 1 aromatic heterocycles. The van der Waals surface area contributed by atoms with E-state index in [0.717, 1.165) is 38.1 Å². The van der Waals surface area contributed by atoms with Crippen LogP contribution in [0.1, 0.15) is 48.0 Å². The second-order valence-corrected chi connectivity index (χ2v) is 10.8. The molecule has 2 heterocycles. The molecule has 7 nitrogen and oxygen atoms in total. The number of hydrogen-bond acceptors (Lipinski definition) is 6. The fraction of sp³-hybridized carbons (Fsp3) is 0.250. The minimum atomic E-state index is -0.598.